The number of methoxy groups -OCH3 is 1. The van der Waals surface area contributed by atoms with Gasteiger partial charge in [0.1, 0.15) is 0 Å². The van der Waals surface area contributed by atoms with Gasteiger partial charge in [-0.25, -0.2) is 4.79 Å². The number of hydrogen-bond acceptors (Lipinski definition) is 3. The van der Waals surface area contributed by atoms with Crippen LogP contribution in [-0.4, -0.2) is 13.1 Å². The van der Waals surface area contributed by atoms with Gasteiger partial charge in [0.25, 0.3) is 0 Å². The fourth-order valence-corrected chi connectivity index (χ4v) is 1.97. The number of carbonyl (C=O) groups excluding carboxylic acids is 1. The summed E-state index contributed by atoms with van der Waals surface area (Å²) in [5.74, 6) is -0.472. The molecule has 3 heteroatoms. The van der Waals surface area contributed by atoms with E-state index in [0.29, 0.717) is 11.1 Å². The maximum Gasteiger partial charge on any atom is 0.335 e. The van der Waals surface area contributed by atoms with E-state index in [9.17, 15) is 4.79 Å². The van der Waals surface area contributed by atoms with Gasteiger partial charge in [-0.05, 0) is 11.1 Å². The van der Waals surface area contributed by atoms with Gasteiger partial charge in [0.2, 0.25) is 0 Å². The highest BCUT2D eigenvalue weighted by Crippen LogP contribution is 2.28. The first-order valence-corrected chi connectivity index (χ1v) is 5.68. The number of nitrogens with two attached hydrogens (primary N) is 1. The quantitative estimate of drug-likeness (QED) is 0.837. The Balaban J connectivity index is 2.59. The van der Waals surface area contributed by atoms with Gasteiger partial charge < -0.3 is 10.5 Å². The summed E-state index contributed by atoms with van der Waals surface area (Å²) in [5, 5.41) is 0. The van der Waals surface area contributed by atoms with Crippen molar-refractivity contribution in [2.75, 3.05) is 7.11 Å². The molecule has 2 N–H and O–H groups in total. The van der Waals surface area contributed by atoms with Crippen molar-refractivity contribution in [3.63, 3.8) is 0 Å². The maximum atomic E-state index is 12.1. The van der Waals surface area contributed by atoms with Crippen LogP contribution in [0.3, 0.4) is 0 Å². The second-order valence-electron chi connectivity index (χ2n) is 4.03. The summed E-state index contributed by atoms with van der Waals surface area (Å²) < 4.78 is 4.86. The summed E-state index contributed by atoms with van der Waals surface area (Å²) >= 11 is 0. The van der Waals surface area contributed by atoms with Gasteiger partial charge in [-0.15, -0.1) is 0 Å². The monoisotopic (exact) mass is 241 g/mol. The third-order valence-corrected chi connectivity index (χ3v) is 2.97. The molecule has 2 rings (SSSR count). The van der Waals surface area contributed by atoms with Crippen molar-refractivity contribution in [1.82, 2.24) is 0 Å². The smallest absolute Gasteiger partial charge is 0.335 e. The summed E-state index contributed by atoms with van der Waals surface area (Å²) in [4.78, 5) is 12.1. The number of benzene rings is 2. The summed E-state index contributed by atoms with van der Waals surface area (Å²) in [6.45, 7) is 0. The molecule has 0 aromatic heterocycles. The molecule has 0 radical (unpaired) electrons. The van der Waals surface area contributed by atoms with E-state index in [4.69, 9.17) is 10.5 Å². The second kappa shape index (κ2) is 5.02. The SMILES string of the molecule is COC(=O)C(N)(c1ccccc1)c1ccccc1. The van der Waals surface area contributed by atoms with E-state index < -0.39 is 11.5 Å². The molecule has 0 fully saturated rings. The number of hydrogen-bond donors (Lipinski definition) is 1. The zero-order valence-corrected chi connectivity index (χ0v) is 10.2. The van der Waals surface area contributed by atoms with Crippen LogP contribution in [0, 0.1) is 0 Å². The molecule has 0 spiro atoms. The summed E-state index contributed by atoms with van der Waals surface area (Å²) in [7, 11) is 1.34. The molecule has 0 saturated carbocycles. The Morgan fingerprint density at radius 3 is 1.67 bits per heavy atom. The number of ether oxygens (including phenoxy) is 1. The zero-order chi connectivity index (χ0) is 13.0. The molecule has 0 saturated heterocycles. The third kappa shape index (κ3) is 2.00. The van der Waals surface area contributed by atoms with E-state index in [-0.39, 0.29) is 0 Å². The molecular weight excluding hydrogens is 226 g/mol. The predicted octanol–water partition coefficient (Wildman–Crippen LogP) is 2.06. The van der Waals surface area contributed by atoms with E-state index in [1.54, 1.807) is 0 Å². The van der Waals surface area contributed by atoms with Crippen LogP contribution in [0.1, 0.15) is 11.1 Å². The second-order valence-corrected chi connectivity index (χ2v) is 4.03. The van der Waals surface area contributed by atoms with E-state index in [1.807, 2.05) is 60.7 Å². The van der Waals surface area contributed by atoms with Crippen molar-refractivity contribution in [2.45, 2.75) is 5.54 Å². The van der Waals surface area contributed by atoms with E-state index in [0.717, 1.165) is 0 Å². The lowest BCUT2D eigenvalue weighted by Gasteiger charge is -2.27. The molecule has 0 bridgehead atoms. The van der Waals surface area contributed by atoms with Crippen molar-refractivity contribution in [2.24, 2.45) is 5.73 Å². The molecule has 0 amide bonds. The minimum absolute atomic E-state index is 0.472. The van der Waals surface area contributed by atoms with Crippen LogP contribution in [0.5, 0.6) is 0 Å². The molecule has 0 aliphatic rings. The summed E-state index contributed by atoms with van der Waals surface area (Å²) in [5.41, 5.74) is 6.48. The Labute approximate surface area is 106 Å². The van der Waals surface area contributed by atoms with Crippen LogP contribution in [0.2, 0.25) is 0 Å². The Hall–Kier alpha value is -2.13. The maximum absolute atomic E-state index is 12.1. The fraction of sp³-hybridized carbons (Fsp3) is 0.133. The minimum atomic E-state index is -1.27. The lowest BCUT2D eigenvalue weighted by atomic mass is 9.84. The van der Waals surface area contributed by atoms with Gasteiger partial charge in [-0.1, -0.05) is 60.7 Å². The number of rotatable bonds is 3. The van der Waals surface area contributed by atoms with E-state index in [2.05, 4.69) is 0 Å². The first-order chi connectivity index (χ1) is 8.69. The normalized spacial score (nSPS) is 11.0. The highest BCUT2D eigenvalue weighted by atomic mass is 16.5. The Morgan fingerprint density at radius 2 is 1.33 bits per heavy atom. The lowest BCUT2D eigenvalue weighted by Crippen LogP contribution is -2.46. The van der Waals surface area contributed by atoms with Gasteiger partial charge in [0.05, 0.1) is 7.11 Å². The number of esters is 1. The molecule has 0 unspecified atom stereocenters. The topological polar surface area (TPSA) is 52.3 Å². The van der Waals surface area contributed by atoms with E-state index in [1.165, 1.54) is 7.11 Å². The van der Waals surface area contributed by atoms with Crippen LogP contribution in [-0.2, 0) is 15.1 Å². The zero-order valence-electron chi connectivity index (χ0n) is 10.2. The fourth-order valence-electron chi connectivity index (χ4n) is 1.97. The first kappa shape index (κ1) is 12.3. The Bertz CT molecular complexity index is 483. The van der Waals surface area contributed by atoms with Crippen molar-refractivity contribution in [1.29, 1.82) is 0 Å². The van der Waals surface area contributed by atoms with Crippen LogP contribution in [0.15, 0.2) is 60.7 Å². The summed E-state index contributed by atoms with van der Waals surface area (Å²) in [6, 6.07) is 18.5. The molecule has 2 aromatic rings. The standard InChI is InChI=1S/C15H15NO2/c1-18-14(17)15(16,12-8-4-2-5-9-12)13-10-6-3-7-11-13/h2-11H,16H2,1H3. The van der Waals surface area contributed by atoms with Crippen LogP contribution in [0.25, 0.3) is 0 Å². The predicted molar refractivity (Wildman–Crippen MR) is 69.9 cm³/mol. The molecule has 0 aliphatic carbocycles. The average Bonchev–Trinajstić information content (AvgIpc) is 2.47. The third-order valence-electron chi connectivity index (χ3n) is 2.97. The van der Waals surface area contributed by atoms with Gasteiger partial charge in [-0.3, -0.25) is 0 Å². The molecule has 92 valence electrons. The van der Waals surface area contributed by atoms with Crippen LogP contribution in [0.4, 0.5) is 0 Å². The Kier molecular flexibility index (Phi) is 3.44. The molecule has 2 aromatic carbocycles. The van der Waals surface area contributed by atoms with Gasteiger partial charge in [-0.2, -0.15) is 0 Å². The highest BCUT2D eigenvalue weighted by Gasteiger charge is 2.38. The van der Waals surface area contributed by atoms with Gasteiger partial charge in [0, 0.05) is 0 Å². The molecule has 0 aliphatic heterocycles. The van der Waals surface area contributed by atoms with Gasteiger partial charge in [0.15, 0.2) is 5.54 Å². The molecule has 0 heterocycles. The van der Waals surface area contributed by atoms with Crippen LogP contribution < -0.4 is 5.73 Å². The van der Waals surface area contributed by atoms with E-state index >= 15 is 0 Å². The largest absolute Gasteiger partial charge is 0.467 e. The first-order valence-electron chi connectivity index (χ1n) is 5.68. The lowest BCUT2D eigenvalue weighted by molar-refractivity contribution is -0.145. The molecule has 3 nitrogen and oxygen atoms in total. The molecule has 0 atom stereocenters. The molecule has 18 heavy (non-hydrogen) atoms. The molecular formula is C15H15NO2. The minimum Gasteiger partial charge on any atom is -0.467 e. The van der Waals surface area contributed by atoms with Gasteiger partial charge >= 0.3 is 5.97 Å². The number of carbonyl (C=O) groups is 1. The van der Waals surface area contributed by atoms with Crippen molar-refractivity contribution in [3.05, 3.63) is 71.8 Å². The Morgan fingerprint density at radius 1 is 0.944 bits per heavy atom. The average molecular weight is 241 g/mol. The van der Waals surface area contributed by atoms with Crippen molar-refractivity contribution in [3.8, 4) is 0 Å². The summed E-state index contributed by atoms with van der Waals surface area (Å²) in [6.07, 6.45) is 0. The van der Waals surface area contributed by atoms with Crippen molar-refractivity contribution >= 4 is 5.97 Å². The highest BCUT2D eigenvalue weighted by molar-refractivity contribution is 5.86. The van der Waals surface area contributed by atoms with Crippen LogP contribution >= 0.6 is 0 Å². The van der Waals surface area contributed by atoms with Crippen molar-refractivity contribution < 1.29 is 9.53 Å².